The molecule has 0 amide bonds. The minimum atomic E-state index is -0.777. The van der Waals surface area contributed by atoms with Gasteiger partial charge < -0.3 is 29.4 Å². The molecule has 2 N–H and O–H groups in total. The highest BCUT2D eigenvalue weighted by atomic mass is 16.8. The molecule has 2 aromatic rings. The van der Waals surface area contributed by atoms with E-state index in [9.17, 15) is 4.79 Å². The molecule has 2 fully saturated rings. The van der Waals surface area contributed by atoms with Crippen LogP contribution in [0.3, 0.4) is 0 Å². The summed E-state index contributed by atoms with van der Waals surface area (Å²) in [6.07, 6.45) is -1.11. The zero-order chi connectivity index (χ0) is 19.2. The minimum Gasteiger partial charge on any atom is -0.435 e. The predicted molar refractivity (Wildman–Crippen MR) is 91.8 cm³/mol. The van der Waals surface area contributed by atoms with Crippen LogP contribution < -0.4 is 5.73 Å². The molecule has 0 bridgehead atoms. The van der Waals surface area contributed by atoms with Crippen molar-refractivity contribution in [2.45, 2.75) is 51.0 Å². The SMILES string of the molecule is CCOC(=O)OC[C@H]1O[C@@H](c2ccc3c(N)ncnn23)[C@@H]2OC(C)(C)O[C@@H]21. The van der Waals surface area contributed by atoms with Crippen LogP contribution in [0.5, 0.6) is 0 Å². The van der Waals surface area contributed by atoms with Gasteiger partial charge in [-0.05, 0) is 32.9 Å². The number of anilines is 1. The lowest BCUT2D eigenvalue weighted by molar-refractivity contribution is -0.192. The lowest BCUT2D eigenvalue weighted by Crippen LogP contribution is -2.33. The van der Waals surface area contributed by atoms with Crippen molar-refractivity contribution in [2.75, 3.05) is 18.9 Å². The van der Waals surface area contributed by atoms with Crippen LogP contribution in [0.2, 0.25) is 0 Å². The number of carbonyl (C=O) groups excluding carboxylic acids is 1. The monoisotopic (exact) mass is 378 g/mol. The Labute approximate surface area is 155 Å². The maximum Gasteiger partial charge on any atom is 0.508 e. The molecule has 4 heterocycles. The molecule has 0 aliphatic carbocycles. The number of hydrogen-bond donors (Lipinski definition) is 1. The number of carbonyl (C=O) groups is 1. The largest absolute Gasteiger partial charge is 0.508 e. The van der Waals surface area contributed by atoms with Crippen LogP contribution in [0, 0.1) is 0 Å². The van der Waals surface area contributed by atoms with E-state index < -0.39 is 30.3 Å². The topological polar surface area (TPSA) is 119 Å². The second kappa shape index (κ2) is 6.63. The van der Waals surface area contributed by atoms with Gasteiger partial charge in [0.05, 0.1) is 12.3 Å². The predicted octanol–water partition coefficient (Wildman–Crippen LogP) is 1.44. The molecular formula is C17H22N4O6. The van der Waals surface area contributed by atoms with Crippen molar-refractivity contribution in [1.82, 2.24) is 14.6 Å². The molecule has 4 atom stereocenters. The molecule has 0 aromatic carbocycles. The first-order valence-electron chi connectivity index (χ1n) is 8.78. The van der Waals surface area contributed by atoms with Crippen molar-refractivity contribution in [2.24, 2.45) is 0 Å². The van der Waals surface area contributed by atoms with Gasteiger partial charge >= 0.3 is 6.16 Å². The van der Waals surface area contributed by atoms with Gasteiger partial charge in [0, 0.05) is 0 Å². The summed E-state index contributed by atoms with van der Waals surface area (Å²) in [5.41, 5.74) is 7.35. The van der Waals surface area contributed by atoms with Gasteiger partial charge in [-0.1, -0.05) is 0 Å². The number of fused-ring (bicyclic) bond motifs is 2. The average Bonchev–Trinajstić information content (AvgIpc) is 3.25. The fraction of sp³-hybridized carbons (Fsp3) is 0.588. The Kier molecular flexibility index (Phi) is 4.41. The van der Waals surface area contributed by atoms with Crippen LogP contribution in [-0.4, -0.2) is 58.1 Å². The van der Waals surface area contributed by atoms with Gasteiger partial charge in [0.25, 0.3) is 0 Å². The summed E-state index contributed by atoms with van der Waals surface area (Å²) in [7, 11) is 0. The summed E-state index contributed by atoms with van der Waals surface area (Å²) in [5.74, 6) is -0.405. The number of nitrogen functional groups attached to an aromatic ring is 1. The Bertz CT molecular complexity index is 853. The Morgan fingerprint density at radius 1 is 1.30 bits per heavy atom. The van der Waals surface area contributed by atoms with Gasteiger partial charge in [-0.2, -0.15) is 5.10 Å². The zero-order valence-corrected chi connectivity index (χ0v) is 15.3. The zero-order valence-electron chi connectivity index (χ0n) is 15.3. The first-order valence-corrected chi connectivity index (χ1v) is 8.78. The van der Waals surface area contributed by atoms with E-state index in [-0.39, 0.29) is 19.3 Å². The molecule has 27 heavy (non-hydrogen) atoms. The molecule has 146 valence electrons. The van der Waals surface area contributed by atoms with E-state index in [1.54, 1.807) is 11.4 Å². The van der Waals surface area contributed by atoms with Crippen LogP contribution in [0.1, 0.15) is 32.6 Å². The summed E-state index contributed by atoms with van der Waals surface area (Å²) in [4.78, 5) is 15.5. The second-order valence-electron chi connectivity index (χ2n) is 6.85. The van der Waals surface area contributed by atoms with Gasteiger partial charge in [0.1, 0.15) is 42.9 Å². The van der Waals surface area contributed by atoms with Gasteiger partial charge in [-0.3, -0.25) is 0 Å². The van der Waals surface area contributed by atoms with Crippen LogP contribution >= 0.6 is 0 Å². The second-order valence-corrected chi connectivity index (χ2v) is 6.85. The summed E-state index contributed by atoms with van der Waals surface area (Å²) in [6, 6.07) is 3.69. The van der Waals surface area contributed by atoms with Crippen LogP contribution in [0.25, 0.3) is 5.52 Å². The van der Waals surface area contributed by atoms with Crippen LogP contribution in [-0.2, 0) is 23.7 Å². The number of rotatable bonds is 4. The van der Waals surface area contributed by atoms with E-state index in [4.69, 9.17) is 29.4 Å². The van der Waals surface area contributed by atoms with E-state index >= 15 is 0 Å². The maximum atomic E-state index is 11.5. The summed E-state index contributed by atoms with van der Waals surface area (Å²) >= 11 is 0. The summed E-state index contributed by atoms with van der Waals surface area (Å²) < 4.78 is 29.8. The third-order valence-corrected chi connectivity index (χ3v) is 4.58. The smallest absolute Gasteiger partial charge is 0.435 e. The molecule has 0 saturated carbocycles. The maximum absolute atomic E-state index is 11.5. The molecule has 10 heteroatoms. The van der Waals surface area contributed by atoms with Gasteiger partial charge in [-0.25, -0.2) is 14.3 Å². The Balaban J connectivity index is 1.61. The normalized spacial score (nSPS) is 29.0. The number of hydrogen-bond acceptors (Lipinski definition) is 9. The third-order valence-electron chi connectivity index (χ3n) is 4.58. The first kappa shape index (κ1) is 18.0. The van der Waals surface area contributed by atoms with E-state index in [2.05, 4.69) is 10.1 Å². The fourth-order valence-corrected chi connectivity index (χ4v) is 3.55. The van der Waals surface area contributed by atoms with E-state index in [0.717, 1.165) is 5.69 Å². The quantitative estimate of drug-likeness (QED) is 0.788. The molecule has 2 aliphatic rings. The molecule has 0 radical (unpaired) electrons. The van der Waals surface area contributed by atoms with Crippen LogP contribution in [0.15, 0.2) is 18.5 Å². The molecule has 2 aliphatic heterocycles. The van der Waals surface area contributed by atoms with E-state index in [1.807, 2.05) is 26.0 Å². The Hall–Kier alpha value is -2.43. The molecule has 10 nitrogen and oxygen atoms in total. The molecule has 4 rings (SSSR count). The van der Waals surface area contributed by atoms with E-state index in [0.29, 0.717) is 11.3 Å². The first-order chi connectivity index (χ1) is 12.9. The number of aromatic nitrogens is 3. The number of nitrogens with zero attached hydrogens (tertiary/aromatic N) is 3. The number of nitrogens with two attached hydrogens (primary N) is 1. The van der Waals surface area contributed by atoms with E-state index in [1.165, 1.54) is 6.33 Å². The van der Waals surface area contributed by atoms with Crippen molar-refractivity contribution < 1.29 is 28.5 Å². The van der Waals surface area contributed by atoms with Crippen molar-refractivity contribution in [3.63, 3.8) is 0 Å². The molecule has 0 spiro atoms. The van der Waals surface area contributed by atoms with Gasteiger partial charge in [-0.15, -0.1) is 0 Å². The van der Waals surface area contributed by atoms with Crippen molar-refractivity contribution >= 4 is 17.5 Å². The highest BCUT2D eigenvalue weighted by Crippen LogP contribution is 2.45. The Morgan fingerprint density at radius 3 is 2.85 bits per heavy atom. The lowest BCUT2D eigenvalue weighted by Gasteiger charge is -2.24. The third kappa shape index (κ3) is 3.20. The van der Waals surface area contributed by atoms with Crippen molar-refractivity contribution in [1.29, 1.82) is 0 Å². The minimum absolute atomic E-state index is 0.00360. The van der Waals surface area contributed by atoms with Crippen LogP contribution in [0.4, 0.5) is 10.6 Å². The van der Waals surface area contributed by atoms with Crippen molar-refractivity contribution in [3.8, 4) is 0 Å². The highest BCUT2D eigenvalue weighted by molar-refractivity contribution is 5.65. The highest BCUT2D eigenvalue weighted by Gasteiger charge is 2.56. The fourth-order valence-electron chi connectivity index (χ4n) is 3.55. The lowest BCUT2D eigenvalue weighted by atomic mass is 10.1. The molecule has 2 aromatic heterocycles. The van der Waals surface area contributed by atoms with Crippen molar-refractivity contribution in [3.05, 3.63) is 24.2 Å². The Morgan fingerprint density at radius 2 is 2.07 bits per heavy atom. The molecular weight excluding hydrogens is 356 g/mol. The number of ether oxygens (including phenoxy) is 5. The van der Waals surface area contributed by atoms with Gasteiger partial charge in [0.15, 0.2) is 11.6 Å². The molecule has 0 unspecified atom stereocenters. The standard InChI is InChI=1S/C17H22N4O6/c1-4-23-16(22)24-7-11-13-14(27-17(2,3)26-13)12(25-11)9-5-6-10-15(18)19-8-20-21(9)10/h5-6,8,11-14H,4,7H2,1-3H3,(H2,18,19,20)/t11-,12+,13-,14+/m1/s1. The summed E-state index contributed by atoms with van der Waals surface area (Å²) in [5, 5.41) is 4.26. The molecule has 2 saturated heterocycles. The van der Waals surface area contributed by atoms with Gasteiger partial charge in [0.2, 0.25) is 0 Å². The summed E-state index contributed by atoms with van der Waals surface area (Å²) in [6.45, 7) is 5.62. The average molecular weight is 378 g/mol.